The summed E-state index contributed by atoms with van der Waals surface area (Å²) >= 11 is 0. The molecule has 0 radical (unpaired) electrons. The Morgan fingerprint density at radius 1 is 1.18 bits per heavy atom. The van der Waals surface area contributed by atoms with Crippen molar-refractivity contribution in [3.63, 3.8) is 0 Å². The fraction of sp³-hybridized carbons (Fsp3) is 0.308. The van der Waals surface area contributed by atoms with Crippen molar-refractivity contribution in [2.45, 2.75) is 27.2 Å². The summed E-state index contributed by atoms with van der Waals surface area (Å²) in [7, 11) is 0. The second-order valence-electron chi connectivity index (χ2n) is 4.12. The second kappa shape index (κ2) is 5.34. The molecular formula is C13H18ClN3. The standard InChI is InChI=1S/C13H17N3.ClH/c1-4-10-7-11-5-8(2)9(3)6-12(11)15-13(10)16-14;/h5-7H,4,14H2,1-3H3,(H,15,16);1H. The molecule has 2 rings (SSSR count). The summed E-state index contributed by atoms with van der Waals surface area (Å²) in [6, 6.07) is 6.44. The molecule has 1 aromatic carbocycles. The normalized spacial score (nSPS) is 10.1. The van der Waals surface area contributed by atoms with Gasteiger partial charge in [-0.05, 0) is 55.2 Å². The number of benzene rings is 1. The first kappa shape index (κ1) is 13.7. The van der Waals surface area contributed by atoms with E-state index in [1.165, 1.54) is 16.5 Å². The minimum atomic E-state index is 0. The number of nitrogens with one attached hydrogen (secondary N) is 1. The van der Waals surface area contributed by atoms with Gasteiger partial charge < -0.3 is 5.43 Å². The van der Waals surface area contributed by atoms with Crippen molar-refractivity contribution in [2.24, 2.45) is 5.84 Å². The Balaban J connectivity index is 0.00000144. The molecule has 0 spiro atoms. The van der Waals surface area contributed by atoms with Gasteiger partial charge in [0.05, 0.1) is 5.52 Å². The number of fused-ring (bicyclic) bond motifs is 1. The molecule has 1 heterocycles. The molecule has 0 saturated heterocycles. The Kier molecular flexibility index (Phi) is 4.32. The lowest BCUT2D eigenvalue weighted by Gasteiger charge is -2.09. The number of anilines is 1. The minimum absolute atomic E-state index is 0. The number of aromatic nitrogens is 1. The first-order valence-corrected chi connectivity index (χ1v) is 5.53. The first-order chi connectivity index (χ1) is 7.65. The van der Waals surface area contributed by atoms with Crippen LogP contribution in [0.5, 0.6) is 0 Å². The van der Waals surface area contributed by atoms with Crippen molar-refractivity contribution in [2.75, 3.05) is 5.43 Å². The molecule has 0 aliphatic carbocycles. The highest BCUT2D eigenvalue weighted by Crippen LogP contribution is 2.23. The van der Waals surface area contributed by atoms with Crippen LogP contribution in [0.15, 0.2) is 18.2 Å². The van der Waals surface area contributed by atoms with Crippen molar-refractivity contribution in [3.05, 3.63) is 34.9 Å². The number of aryl methyl sites for hydroxylation is 3. The Labute approximate surface area is 108 Å². The second-order valence-corrected chi connectivity index (χ2v) is 4.12. The van der Waals surface area contributed by atoms with Gasteiger partial charge >= 0.3 is 0 Å². The van der Waals surface area contributed by atoms with E-state index in [0.717, 1.165) is 23.3 Å². The highest BCUT2D eigenvalue weighted by molar-refractivity contribution is 5.85. The number of nitrogen functional groups attached to an aromatic ring is 1. The van der Waals surface area contributed by atoms with E-state index in [1.807, 2.05) is 0 Å². The van der Waals surface area contributed by atoms with Crippen molar-refractivity contribution < 1.29 is 0 Å². The molecule has 3 N–H and O–H groups in total. The summed E-state index contributed by atoms with van der Waals surface area (Å²) in [6.45, 7) is 6.32. The maximum Gasteiger partial charge on any atom is 0.143 e. The van der Waals surface area contributed by atoms with E-state index < -0.39 is 0 Å². The van der Waals surface area contributed by atoms with E-state index in [1.54, 1.807) is 0 Å². The number of hydrogen-bond donors (Lipinski definition) is 2. The van der Waals surface area contributed by atoms with Gasteiger partial charge in [0.15, 0.2) is 0 Å². The van der Waals surface area contributed by atoms with Crippen LogP contribution in [0.3, 0.4) is 0 Å². The topological polar surface area (TPSA) is 50.9 Å². The zero-order valence-corrected chi connectivity index (χ0v) is 11.2. The average Bonchev–Trinajstić information content (AvgIpc) is 2.29. The zero-order valence-electron chi connectivity index (χ0n) is 10.4. The van der Waals surface area contributed by atoms with Gasteiger partial charge in [0.25, 0.3) is 0 Å². The van der Waals surface area contributed by atoms with E-state index >= 15 is 0 Å². The fourth-order valence-corrected chi connectivity index (χ4v) is 1.88. The lowest BCUT2D eigenvalue weighted by Crippen LogP contribution is -2.11. The van der Waals surface area contributed by atoms with Crippen LogP contribution in [0, 0.1) is 13.8 Å². The molecule has 0 aliphatic rings. The van der Waals surface area contributed by atoms with Crippen molar-refractivity contribution >= 4 is 29.1 Å². The van der Waals surface area contributed by atoms with Crippen LogP contribution in [-0.4, -0.2) is 4.98 Å². The molecule has 2 aromatic rings. The third-order valence-corrected chi connectivity index (χ3v) is 3.03. The zero-order chi connectivity index (χ0) is 11.7. The van der Waals surface area contributed by atoms with E-state index in [2.05, 4.69) is 49.4 Å². The van der Waals surface area contributed by atoms with Crippen molar-refractivity contribution in [1.29, 1.82) is 0 Å². The number of nitrogens with zero attached hydrogens (tertiary/aromatic N) is 1. The van der Waals surface area contributed by atoms with Crippen LogP contribution in [0.25, 0.3) is 10.9 Å². The molecular weight excluding hydrogens is 234 g/mol. The molecule has 0 aliphatic heterocycles. The molecule has 4 heteroatoms. The quantitative estimate of drug-likeness (QED) is 0.637. The van der Waals surface area contributed by atoms with Crippen LogP contribution in [0.2, 0.25) is 0 Å². The van der Waals surface area contributed by atoms with Crippen LogP contribution >= 0.6 is 12.4 Å². The lowest BCUT2D eigenvalue weighted by atomic mass is 10.0. The Hall–Kier alpha value is -1.32. The summed E-state index contributed by atoms with van der Waals surface area (Å²) in [5.74, 6) is 6.25. The van der Waals surface area contributed by atoms with Gasteiger partial charge in [-0.3, -0.25) is 0 Å². The molecule has 0 atom stereocenters. The smallest absolute Gasteiger partial charge is 0.143 e. The van der Waals surface area contributed by atoms with E-state index in [0.29, 0.717) is 0 Å². The molecule has 0 amide bonds. The van der Waals surface area contributed by atoms with E-state index in [-0.39, 0.29) is 12.4 Å². The van der Waals surface area contributed by atoms with Gasteiger partial charge in [-0.25, -0.2) is 10.8 Å². The molecule has 17 heavy (non-hydrogen) atoms. The molecule has 0 bridgehead atoms. The van der Waals surface area contributed by atoms with Crippen LogP contribution < -0.4 is 11.3 Å². The summed E-state index contributed by atoms with van der Waals surface area (Å²) in [5, 5.41) is 1.18. The number of pyridine rings is 1. The molecule has 92 valence electrons. The SMILES string of the molecule is CCc1cc2cc(C)c(C)cc2nc1NN.Cl. The number of hydrogen-bond acceptors (Lipinski definition) is 3. The van der Waals surface area contributed by atoms with E-state index in [4.69, 9.17) is 5.84 Å². The summed E-state index contributed by atoms with van der Waals surface area (Å²) in [6.07, 6.45) is 0.926. The molecule has 0 unspecified atom stereocenters. The largest absolute Gasteiger partial charge is 0.308 e. The fourth-order valence-electron chi connectivity index (χ4n) is 1.88. The van der Waals surface area contributed by atoms with Crippen molar-refractivity contribution in [3.8, 4) is 0 Å². The number of nitrogens with two attached hydrogens (primary N) is 1. The summed E-state index contributed by atoms with van der Waals surface area (Å²) in [4.78, 5) is 4.53. The van der Waals surface area contributed by atoms with Gasteiger partial charge in [-0.15, -0.1) is 12.4 Å². The minimum Gasteiger partial charge on any atom is -0.308 e. The van der Waals surface area contributed by atoms with Crippen LogP contribution in [-0.2, 0) is 6.42 Å². The van der Waals surface area contributed by atoms with Gasteiger partial charge in [0.2, 0.25) is 0 Å². The number of halogens is 1. The van der Waals surface area contributed by atoms with E-state index in [9.17, 15) is 0 Å². The third-order valence-electron chi connectivity index (χ3n) is 3.03. The average molecular weight is 252 g/mol. The van der Waals surface area contributed by atoms with Gasteiger partial charge in [-0.2, -0.15) is 0 Å². The maximum atomic E-state index is 5.47. The first-order valence-electron chi connectivity index (χ1n) is 5.53. The van der Waals surface area contributed by atoms with Crippen LogP contribution in [0.4, 0.5) is 5.82 Å². The Morgan fingerprint density at radius 3 is 2.41 bits per heavy atom. The molecule has 3 nitrogen and oxygen atoms in total. The number of rotatable bonds is 2. The van der Waals surface area contributed by atoms with Gasteiger partial charge in [0.1, 0.15) is 5.82 Å². The van der Waals surface area contributed by atoms with Crippen LogP contribution in [0.1, 0.15) is 23.6 Å². The predicted octanol–water partition coefficient (Wildman–Crippen LogP) is 3.12. The predicted molar refractivity (Wildman–Crippen MR) is 75.7 cm³/mol. The highest BCUT2D eigenvalue weighted by atomic mass is 35.5. The van der Waals surface area contributed by atoms with Crippen molar-refractivity contribution in [1.82, 2.24) is 4.98 Å². The van der Waals surface area contributed by atoms with Gasteiger partial charge in [0, 0.05) is 5.39 Å². The summed E-state index contributed by atoms with van der Waals surface area (Å²) < 4.78 is 0. The third kappa shape index (κ3) is 2.51. The lowest BCUT2D eigenvalue weighted by molar-refractivity contribution is 1.10. The Morgan fingerprint density at radius 2 is 1.82 bits per heavy atom. The maximum absolute atomic E-state index is 5.47. The number of hydrazine groups is 1. The summed E-state index contributed by atoms with van der Waals surface area (Å²) in [5.41, 5.74) is 7.36. The monoisotopic (exact) mass is 251 g/mol. The molecule has 0 saturated carbocycles. The highest BCUT2D eigenvalue weighted by Gasteiger charge is 2.05. The Bertz CT molecular complexity index is 489. The van der Waals surface area contributed by atoms with Gasteiger partial charge in [-0.1, -0.05) is 6.92 Å². The molecule has 1 aromatic heterocycles. The molecule has 0 fully saturated rings.